The van der Waals surface area contributed by atoms with Crippen molar-refractivity contribution >= 4 is 5.97 Å². The van der Waals surface area contributed by atoms with Crippen molar-refractivity contribution in [2.24, 2.45) is 0 Å². The molecule has 0 rings (SSSR count). The Morgan fingerprint density at radius 1 is 1.00 bits per heavy atom. The summed E-state index contributed by atoms with van der Waals surface area (Å²) >= 11 is 0. The molecule has 0 fully saturated rings. The van der Waals surface area contributed by atoms with E-state index in [2.05, 4.69) is 25.7 Å². The Kier molecular flexibility index (Phi) is 11.4. The molecule has 0 saturated carbocycles. The van der Waals surface area contributed by atoms with Crippen molar-refractivity contribution in [3.8, 4) is 11.8 Å². The highest BCUT2D eigenvalue weighted by Crippen LogP contribution is 2.05. The normalized spacial score (nSPS) is 9.38. The highest BCUT2D eigenvalue weighted by Gasteiger charge is 2.00. The molecule has 0 N–H and O–H groups in total. The van der Waals surface area contributed by atoms with E-state index in [9.17, 15) is 4.79 Å². The molecule has 0 spiro atoms. The van der Waals surface area contributed by atoms with E-state index in [1.165, 1.54) is 19.3 Å². The van der Waals surface area contributed by atoms with Gasteiger partial charge in [0.05, 0.1) is 0 Å². The van der Waals surface area contributed by atoms with Crippen LogP contribution in [-0.2, 0) is 9.53 Å². The molecule has 0 aromatic rings. The highest BCUT2D eigenvalue weighted by molar-refractivity contribution is 5.69. The number of carbonyl (C=O) groups excluding carboxylic acids is 1. The summed E-state index contributed by atoms with van der Waals surface area (Å²) in [7, 11) is 0. The number of unbranched alkanes of at least 4 members (excludes halogenated alkanes) is 5. The maximum Gasteiger partial charge on any atom is 0.306 e. The molecule has 0 aromatic heterocycles. The minimum atomic E-state index is -0.109. The number of rotatable bonds is 8. The van der Waals surface area contributed by atoms with Crippen LogP contribution >= 0.6 is 0 Å². The molecule has 0 saturated heterocycles. The van der Waals surface area contributed by atoms with Crippen LogP contribution in [0.3, 0.4) is 0 Å². The van der Waals surface area contributed by atoms with E-state index in [0.717, 1.165) is 25.7 Å². The maximum atomic E-state index is 11.2. The summed E-state index contributed by atoms with van der Waals surface area (Å²) in [6.45, 7) is 4.52. The summed E-state index contributed by atoms with van der Waals surface area (Å²) in [6, 6.07) is 0. The van der Waals surface area contributed by atoms with Crippen LogP contribution in [-0.4, -0.2) is 12.6 Å². The first kappa shape index (κ1) is 15.0. The van der Waals surface area contributed by atoms with E-state index in [-0.39, 0.29) is 12.6 Å². The second-order valence-electron chi connectivity index (χ2n) is 3.93. The van der Waals surface area contributed by atoms with E-state index < -0.39 is 0 Å². The molecular formula is C14H24O2. The third-order valence-electron chi connectivity index (χ3n) is 2.29. The molecule has 0 atom stereocenters. The fourth-order valence-corrected chi connectivity index (χ4v) is 1.33. The molecule has 0 heterocycles. The van der Waals surface area contributed by atoms with E-state index >= 15 is 0 Å². The lowest BCUT2D eigenvalue weighted by Gasteiger charge is -2.00. The summed E-state index contributed by atoms with van der Waals surface area (Å²) in [5.41, 5.74) is 0. The first-order chi connectivity index (χ1) is 7.81. The molecular weight excluding hydrogens is 200 g/mol. The summed E-state index contributed by atoms with van der Waals surface area (Å²) in [5.74, 6) is 5.67. The predicted molar refractivity (Wildman–Crippen MR) is 67.0 cm³/mol. The minimum Gasteiger partial charge on any atom is -0.452 e. The Morgan fingerprint density at radius 2 is 1.75 bits per heavy atom. The van der Waals surface area contributed by atoms with Gasteiger partial charge in [-0.05, 0) is 12.8 Å². The predicted octanol–water partition coefficient (Wildman–Crippen LogP) is 3.69. The van der Waals surface area contributed by atoms with E-state index in [1.807, 2.05) is 0 Å². The molecule has 92 valence electrons. The van der Waals surface area contributed by atoms with Crippen LogP contribution in [0.2, 0.25) is 0 Å². The van der Waals surface area contributed by atoms with Gasteiger partial charge in [-0.1, -0.05) is 51.4 Å². The number of esters is 1. The maximum absolute atomic E-state index is 11.2. The largest absolute Gasteiger partial charge is 0.452 e. The van der Waals surface area contributed by atoms with Gasteiger partial charge < -0.3 is 4.74 Å². The number of ether oxygens (including phenoxy) is 1. The Bertz CT molecular complexity index is 223. The third kappa shape index (κ3) is 11.1. The van der Waals surface area contributed by atoms with Gasteiger partial charge in [0.15, 0.2) is 6.61 Å². The van der Waals surface area contributed by atoms with Crippen LogP contribution in [0.4, 0.5) is 0 Å². The van der Waals surface area contributed by atoms with Gasteiger partial charge in [-0.3, -0.25) is 4.79 Å². The third-order valence-corrected chi connectivity index (χ3v) is 2.29. The minimum absolute atomic E-state index is 0.109. The van der Waals surface area contributed by atoms with Gasteiger partial charge in [0.2, 0.25) is 0 Å². The van der Waals surface area contributed by atoms with Gasteiger partial charge in [-0.2, -0.15) is 0 Å². The van der Waals surface area contributed by atoms with Gasteiger partial charge in [-0.25, -0.2) is 0 Å². The summed E-state index contributed by atoms with van der Waals surface area (Å²) in [6.07, 6.45) is 8.27. The van der Waals surface area contributed by atoms with Gasteiger partial charge in [-0.15, -0.1) is 0 Å². The summed E-state index contributed by atoms with van der Waals surface area (Å²) < 4.78 is 4.98. The van der Waals surface area contributed by atoms with Crippen molar-refractivity contribution in [3.63, 3.8) is 0 Å². The second kappa shape index (κ2) is 12.1. The lowest BCUT2D eigenvalue weighted by Crippen LogP contribution is -2.04. The van der Waals surface area contributed by atoms with Crippen molar-refractivity contribution < 1.29 is 9.53 Å². The van der Waals surface area contributed by atoms with Crippen LogP contribution in [0.1, 0.15) is 65.2 Å². The lowest BCUT2D eigenvalue weighted by molar-refractivity contribution is -0.142. The molecule has 0 bridgehead atoms. The van der Waals surface area contributed by atoms with Crippen LogP contribution in [0.5, 0.6) is 0 Å². The number of hydrogen-bond acceptors (Lipinski definition) is 2. The highest BCUT2D eigenvalue weighted by atomic mass is 16.5. The van der Waals surface area contributed by atoms with Crippen LogP contribution in [0, 0.1) is 11.8 Å². The SMILES string of the molecule is CCCC#CCOC(=O)CCCCCCC. The zero-order chi connectivity index (χ0) is 12.1. The van der Waals surface area contributed by atoms with Gasteiger partial charge in [0, 0.05) is 12.8 Å². The van der Waals surface area contributed by atoms with Crippen LogP contribution < -0.4 is 0 Å². The second-order valence-corrected chi connectivity index (χ2v) is 3.93. The Hall–Kier alpha value is -0.970. The molecule has 0 aromatic carbocycles. The van der Waals surface area contributed by atoms with E-state index in [1.54, 1.807) is 0 Å². The van der Waals surface area contributed by atoms with Crippen molar-refractivity contribution in [2.75, 3.05) is 6.61 Å². The van der Waals surface area contributed by atoms with Crippen molar-refractivity contribution in [1.82, 2.24) is 0 Å². The molecule has 2 nitrogen and oxygen atoms in total. The van der Waals surface area contributed by atoms with Crippen molar-refractivity contribution in [3.05, 3.63) is 0 Å². The van der Waals surface area contributed by atoms with Crippen LogP contribution in [0.25, 0.3) is 0 Å². The average Bonchev–Trinajstić information content (AvgIpc) is 2.28. The molecule has 16 heavy (non-hydrogen) atoms. The fraction of sp³-hybridized carbons (Fsp3) is 0.786. The van der Waals surface area contributed by atoms with Gasteiger partial charge >= 0.3 is 5.97 Å². The summed E-state index contributed by atoms with van der Waals surface area (Å²) in [5, 5.41) is 0. The first-order valence-corrected chi connectivity index (χ1v) is 6.42. The topological polar surface area (TPSA) is 26.3 Å². The van der Waals surface area contributed by atoms with Crippen molar-refractivity contribution in [2.45, 2.75) is 65.2 Å². The molecule has 2 heteroatoms. The Labute approximate surface area is 99.8 Å². The molecule has 0 aliphatic rings. The Balaban J connectivity index is 3.29. The standard InChI is InChI=1S/C14H24O2/c1-3-5-7-9-10-12-14(15)16-13-11-8-6-4-2/h3-7,9-10,12-13H2,1-2H3. The van der Waals surface area contributed by atoms with Gasteiger partial charge in [0.1, 0.15) is 0 Å². The molecule has 0 amide bonds. The molecule has 0 aliphatic heterocycles. The zero-order valence-corrected chi connectivity index (χ0v) is 10.7. The molecule has 0 aliphatic carbocycles. The smallest absolute Gasteiger partial charge is 0.306 e. The van der Waals surface area contributed by atoms with E-state index in [0.29, 0.717) is 6.42 Å². The average molecular weight is 224 g/mol. The van der Waals surface area contributed by atoms with Crippen molar-refractivity contribution in [1.29, 1.82) is 0 Å². The zero-order valence-electron chi connectivity index (χ0n) is 10.7. The van der Waals surface area contributed by atoms with Gasteiger partial charge in [0.25, 0.3) is 0 Å². The monoisotopic (exact) mass is 224 g/mol. The summed E-state index contributed by atoms with van der Waals surface area (Å²) in [4.78, 5) is 11.2. The number of carbonyl (C=O) groups is 1. The number of hydrogen-bond donors (Lipinski definition) is 0. The lowest BCUT2D eigenvalue weighted by atomic mass is 10.1. The fourth-order valence-electron chi connectivity index (χ4n) is 1.33. The Morgan fingerprint density at radius 3 is 2.44 bits per heavy atom. The quantitative estimate of drug-likeness (QED) is 0.357. The van der Waals surface area contributed by atoms with Crippen LogP contribution in [0.15, 0.2) is 0 Å². The molecule has 0 radical (unpaired) electrons. The molecule has 0 unspecified atom stereocenters. The van der Waals surface area contributed by atoms with E-state index in [4.69, 9.17) is 4.74 Å². The first-order valence-electron chi connectivity index (χ1n) is 6.42.